The Kier molecular flexibility index (Phi) is 5.77. The molecule has 1 heterocycles. The van der Waals surface area contributed by atoms with Crippen molar-refractivity contribution < 1.29 is 9.13 Å². The fraction of sp³-hybridized carbons (Fsp3) is 0.625. The van der Waals surface area contributed by atoms with Crippen LogP contribution in [0.15, 0.2) is 22.7 Å². The molecular weight excluding hydrogens is 335 g/mol. The minimum Gasteiger partial charge on any atom is -0.379 e. The zero-order valence-electron chi connectivity index (χ0n) is 13.0. The van der Waals surface area contributed by atoms with E-state index in [0.29, 0.717) is 5.56 Å². The number of nitrogens with zero attached hydrogens (tertiary/aromatic N) is 1. The highest BCUT2D eigenvalue weighted by Crippen LogP contribution is 2.34. The quantitative estimate of drug-likeness (QED) is 0.873. The predicted molar refractivity (Wildman–Crippen MR) is 87.0 cm³/mol. The average Bonchev–Trinajstić information content (AvgIpc) is 2.48. The summed E-state index contributed by atoms with van der Waals surface area (Å²) >= 11 is 3.45. The number of hydrogen-bond donors (Lipinski definition) is 1. The van der Waals surface area contributed by atoms with E-state index in [1.807, 2.05) is 6.07 Å². The molecule has 1 atom stereocenters. The van der Waals surface area contributed by atoms with Crippen LogP contribution in [-0.2, 0) is 4.74 Å². The maximum atomic E-state index is 14.3. The van der Waals surface area contributed by atoms with Gasteiger partial charge in [0.1, 0.15) is 5.82 Å². The minimum atomic E-state index is -0.193. The molecular formula is C16H24BrFN2O. The molecule has 1 N–H and O–H groups in total. The number of nitrogens with one attached hydrogen (secondary N) is 1. The Balaban J connectivity index is 2.34. The molecule has 0 aromatic heterocycles. The molecule has 0 bridgehead atoms. The fourth-order valence-corrected chi connectivity index (χ4v) is 3.38. The summed E-state index contributed by atoms with van der Waals surface area (Å²) in [5, 5.41) is 3.46. The van der Waals surface area contributed by atoms with Gasteiger partial charge in [-0.05, 0) is 38.6 Å². The van der Waals surface area contributed by atoms with Crippen LogP contribution in [0.5, 0.6) is 0 Å². The molecule has 1 aliphatic heterocycles. The van der Waals surface area contributed by atoms with Crippen molar-refractivity contribution >= 4 is 15.9 Å². The van der Waals surface area contributed by atoms with Gasteiger partial charge in [0.15, 0.2) is 0 Å². The van der Waals surface area contributed by atoms with Crippen molar-refractivity contribution in [1.29, 1.82) is 0 Å². The van der Waals surface area contributed by atoms with E-state index < -0.39 is 0 Å². The van der Waals surface area contributed by atoms with E-state index in [1.165, 1.54) is 6.07 Å². The van der Waals surface area contributed by atoms with E-state index >= 15 is 0 Å². The van der Waals surface area contributed by atoms with Crippen molar-refractivity contribution in [3.63, 3.8) is 0 Å². The second-order valence-corrected chi connectivity index (χ2v) is 6.83. The summed E-state index contributed by atoms with van der Waals surface area (Å²) in [4.78, 5) is 2.38. The molecule has 2 rings (SSSR count). The molecule has 0 aliphatic carbocycles. The number of likely N-dealkylation sites (N-methyl/N-ethyl adjacent to an activating group) is 1. The van der Waals surface area contributed by atoms with Gasteiger partial charge in [0.25, 0.3) is 0 Å². The van der Waals surface area contributed by atoms with Crippen molar-refractivity contribution in [3.05, 3.63) is 34.1 Å². The summed E-state index contributed by atoms with van der Waals surface area (Å²) < 4.78 is 20.7. The highest BCUT2D eigenvalue weighted by molar-refractivity contribution is 9.10. The lowest BCUT2D eigenvalue weighted by molar-refractivity contribution is -0.0240. The van der Waals surface area contributed by atoms with Crippen LogP contribution in [0.3, 0.4) is 0 Å². The maximum Gasteiger partial charge on any atom is 0.128 e. The minimum absolute atomic E-state index is 0.0712. The lowest BCUT2D eigenvalue weighted by Crippen LogP contribution is -2.56. The second kappa shape index (κ2) is 7.18. The summed E-state index contributed by atoms with van der Waals surface area (Å²) in [6.45, 7) is 10.4. The van der Waals surface area contributed by atoms with E-state index in [4.69, 9.17) is 4.74 Å². The summed E-state index contributed by atoms with van der Waals surface area (Å²) in [5.74, 6) is -0.162. The smallest absolute Gasteiger partial charge is 0.128 e. The molecule has 5 heteroatoms. The van der Waals surface area contributed by atoms with Gasteiger partial charge in [0, 0.05) is 28.7 Å². The summed E-state index contributed by atoms with van der Waals surface area (Å²) in [6, 6.07) is 5.08. The lowest BCUT2D eigenvalue weighted by atomic mass is 9.86. The summed E-state index contributed by atoms with van der Waals surface area (Å²) in [7, 11) is 0. The molecule has 3 nitrogen and oxygen atoms in total. The number of hydrogen-bond acceptors (Lipinski definition) is 3. The molecule has 0 spiro atoms. The molecule has 0 amide bonds. The Morgan fingerprint density at radius 1 is 1.38 bits per heavy atom. The number of benzene rings is 1. The van der Waals surface area contributed by atoms with Crippen LogP contribution in [-0.4, -0.2) is 43.3 Å². The molecule has 0 radical (unpaired) electrons. The third-order valence-corrected chi connectivity index (χ3v) is 4.70. The van der Waals surface area contributed by atoms with E-state index in [9.17, 15) is 4.39 Å². The Morgan fingerprint density at radius 3 is 2.67 bits per heavy atom. The van der Waals surface area contributed by atoms with Gasteiger partial charge in [0.05, 0.1) is 19.3 Å². The lowest BCUT2D eigenvalue weighted by Gasteiger charge is -2.46. The van der Waals surface area contributed by atoms with E-state index in [-0.39, 0.29) is 17.4 Å². The van der Waals surface area contributed by atoms with Crippen LogP contribution in [0.4, 0.5) is 4.39 Å². The number of morpholine rings is 1. The molecule has 21 heavy (non-hydrogen) atoms. The fourth-order valence-electron chi connectivity index (χ4n) is 3.00. The van der Waals surface area contributed by atoms with Gasteiger partial charge in [-0.1, -0.05) is 22.9 Å². The first-order chi connectivity index (χ1) is 9.96. The number of halogens is 2. The van der Waals surface area contributed by atoms with Crippen LogP contribution in [0.2, 0.25) is 0 Å². The first kappa shape index (κ1) is 16.9. The zero-order valence-corrected chi connectivity index (χ0v) is 14.5. The van der Waals surface area contributed by atoms with Crippen LogP contribution >= 0.6 is 15.9 Å². The maximum absolute atomic E-state index is 14.3. The number of rotatable bonds is 5. The molecule has 1 aromatic carbocycles. The van der Waals surface area contributed by atoms with Crippen molar-refractivity contribution in [2.24, 2.45) is 0 Å². The summed E-state index contributed by atoms with van der Waals surface area (Å²) in [6.07, 6.45) is 0. The average molecular weight is 359 g/mol. The topological polar surface area (TPSA) is 24.5 Å². The predicted octanol–water partition coefficient (Wildman–Crippen LogP) is 3.35. The van der Waals surface area contributed by atoms with Crippen molar-refractivity contribution in [2.75, 3.05) is 32.8 Å². The Labute approximate surface area is 135 Å². The number of ether oxygens (including phenoxy) is 1. The second-order valence-electron chi connectivity index (χ2n) is 5.91. The standard InChI is InChI=1S/C16H24BrFN2O/c1-4-19-15(13-11-12(17)5-6-14(13)18)16(2,3)20-7-9-21-10-8-20/h5-6,11,15,19H,4,7-10H2,1-3H3. The third kappa shape index (κ3) is 3.83. The monoisotopic (exact) mass is 358 g/mol. The van der Waals surface area contributed by atoms with Gasteiger partial charge < -0.3 is 10.1 Å². The van der Waals surface area contributed by atoms with Gasteiger partial charge in [-0.3, -0.25) is 4.90 Å². The van der Waals surface area contributed by atoms with E-state index in [2.05, 4.69) is 46.9 Å². The molecule has 1 aliphatic rings. The molecule has 1 saturated heterocycles. The Hall–Kier alpha value is -0.490. The zero-order chi connectivity index (χ0) is 15.5. The Morgan fingerprint density at radius 2 is 2.05 bits per heavy atom. The molecule has 1 unspecified atom stereocenters. The SMILES string of the molecule is CCNC(c1cc(Br)ccc1F)C(C)(C)N1CCOCC1. The van der Waals surface area contributed by atoms with Gasteiger partial charge in [0.2, 0.25) is 0 Å². The summed E-state index contributed by atoms with van der Waals surface area (Å²) in [5.41, 5.74) is 0.518. The van der Waals surface area contributed by atoms with Gasteiger partial charge in [-0.2, -0.15) is 0 Å². The molecule has 1 aromatic rings. The Bertz CT molecular complexity index is 475. The van der Waals surface area contributed by atoms with Crippen LogP contribution < -0.4 is 5.32 Å². The van der Waals surface area contributed by atoms with Crippen LogP contribution in [0.1, 0.15) is 32.4 Å². The van der Waals surface area contributed by atoms with Crippen molar-refractivity contribution in [1.82, 2.24) is 10.2 Å². The molecule has 118 valence electrons. The molecule has 0 saturated carbocycles. The normalized spacial score (nSPS) is 18.7. The van der Waals surface area contributed by atoms with Crippen LogP contribution in [0.25, 0.3) is 0 Å². The van der Waals surface area contributed by atoms with Gasteiger partial charge >= 0.3 is 0 Å². The van der Waals surface area contributed by atoms with Crippen LogP contribution in [0, 0.1) is 5.82 Å². The van der Waals surface area contributed by atoms with Crippen molar-refractivity contribution in [3.8, 4) is 0 Å². The van der Waals surface area contributed by atoms with E-state index in [1.54, 1.807) is 6.07 Å². The van der Waals surface area contributed by atoms with Crippen molar-refractivity contribution in [2.45, 2.75) is 32.4 Å². The van der Waals surface area contributed by atoms with Gasteiger partial charge in [-0.25, -0.2) is 4.39 Å². The third-order valence-electron chi connectivity index (χ3n) is 4.21. The largest absolute Gasteiger partial charge is 0.379 e. The highest BCUT2D eigenvalue weighted by Gasteiger charge is 2.38. The highest BCUT2D eigenvalue weighted by atomic mass is 79.9. The van der Waals surface area contributed by atoms with Gasteiger partial charge in [-0.15, -0.1) is 0 Å². The first-order valence-electron chi connectivity index (χ1n) is 7.48. The first-order valence-corrected chi connectivity index (χ1v) is 8.27. The molecule has 1 fully saturated rings. The van der Waals surface area contributed by atoms with E-state index in [0.717, 1.165) is 37.3 Å².